The summed E-state index contributed by atoms with van der Waals surface area (Å²) in [4.78, 5) is 10.7. The second-order valence-corrected chi connectivity index (χ2v) is 5.50. The molecule has 0 aliphatic rings. The molecule has 0 amide bonds. The molecule has 1 aromatic rings. The Balaban J connectivity index is 2.92. The molecule has 0 aromatic carbocycles. The van der Waals surface area contributed by atoms with Gasteiger partial charge in [0.1, 0.15) is 0 Å². The molecular weight excluding hydrogens is 310 g/mol. The lowest BCUT2D eigenvalue weighted by Gasteiger charge is -2.24. The van der Waals surface area contributed by atoms with E-state index in [4.69, 9.17) is 15.9 Å². The van der Waals surface area contributed by atoms with Crippen LogP contribution >= 0.6 is 15.9 Å². The van der Waals surface area contributed by atoms with E-state index in [9.17, 15) is 0 Å². The maximum atomic E-state index is 7.32. The predicted octanol–water partition coefficient (Wildman–Crippen LogP) is 2.04. The first-order valence-corrected chi connectivity index (χ1v) is 6.87. The van der Waals surface area contributed by atoms with Crippen LogP contribution in [0.1, 0.15) is 20.3 Å². The maximum absolute atomic E-state index is 7.32. The Morgan fingerprint density at radius 3 is 2.79 bits per heavy atom. The van der Waals surface area contributed by atoms with Crippen molar-refractivity contribution in [3.05, 3.63) is 10.7 Å². The third-order valence-corrected chi connectivity index (χ3v) is 2.96. The molecule has 0 spiro atoms. The molecule has 0 fully saturated rings. The highest BCUT2D eigenvalue weighted by molar-refractivity contribution is 9.10. The number of ether oxygens (including phenoxy) is 1. The number of nitrogens with zero attached hydrogens (tertiary/aromatic N) is 3. The average Bonchev–Trinajstić information content (AvgIpc) is 2.34. The quantitative estimate of drug-likeness (QED) is 0.590. The van der Waals surface area contributed by atoms with Crippen molar-refractivity contribution >= 4 is 27.7 Å². The van der Waals surface area contributed by atoms with Gasteiger partial charge in [0, 0.05) is 19.5 Å². The highest BCUT2D eigenvalue weighted by Gasteiger charge is 2.14. The van der Waals surface area contributed by atoms with Crippen molar-refractivity contribution in [1.82, 2.24) is 9.97 Å². The van der Waals surface area contributed by atoms with Crippen molar-refractivity contribution in [1.29, 1.82) is 5.41 Å². The van der Waals surface area contributed by atoms with Crippen LogP contribution in [0.25, 0.3) is 0 Å². The molecule has 6 nitrogen and oxygen atoms in total. The summed E-state index contributed by atoms with van der Waals surface area (Å²) in [6, 6.07) is 0. The zero-order chi connectivity index (χ0) is 14.4. The Morgan fingerprint density at radius 1 is 1.58 bits per heavy atom. The van der Waals surface area contributed by atoms with Gasteiger partial charge in [0.05, 0.1) is 23.6 Å². The van der Waals surface area contributed by atoms with E-state index in [1.165, 1.54) is 0 Å². The van der Waals surface area contributed by atoms with E-state index in [1.54, 1.807) is 13.3 Å². The summed E-state index contributed by atoms with van der Waals surface area (Å²) in [5.74, 6) is 1.72. The normalized spacial score (nSPS) is 10.6. The topological polar surface area (TPSA) is 88.1 Å². The predicted molar refractivity (Wildman–Crippen MR) is 79.9 cm³/mol. The molecule has 19 heavy (non-hydrogen) atoms. The number of anilines is 1. The summed E-state index contributed by atoms with van der Waals surface area (Å²) in [7, 11) is 1.57. The van der Waals surface area contributed by atoms with Gasteiger partial charge in [-0.05, 0) is 21.8 Å². The first kappa shape index (κ1) is 15.7. The molecule has 0 saturated carbocycles. The van der Waals surface area contributed by atoms with E-state index < -0.39 is 0 Å². The van der Waals surface area contributed by atoms with Gasteiger partial charge in [0.15, 0.2) is 0 Å². The number of rotatable bonds is 7. The van der Waals surface area contributed by atoms with Crippen LogP contribution in [0.2, 0.25) is 0 Å². The lowest BCUT2D eigenvalue weighted by Crippen LogP contribution is -2.32. The molecule has 0 atom stereocenters. The van der Waals surface area contributed by atoms with Crippen LogP contribution in [-0.2, 0) is 0 Å². The summed E-state index contributed by atoms with van der Waals surface area (Å²) >= 11 is 3.33. The fourth-order valence-electron chi connectivity index (χ4n) is 1.61. The number of halogens is 1. The Hall–Kier alpha value is -1.37. The van der Waals surface area contributed by atoms with Crippen LogP contribution in [0.4, 0.5) is 5.95 Å². The largest absolute Gasteiger partial charge is 0.480 e. The van der Waals surface area contributed by atoms with E-state index in [0.29, 0.717) is 30.7 Å². The Labute approximate surface area is 122 Å². The van der Waals surface area contributed by atoms with Gasteiger partial charge >= 0.3 is 0 Å². The number of nitrogens with two attached hydrogens (primary N) is 1. The van der Waals surface area contributed by atoms with Gasteiger partial charge in [0.2, 0.25) is 11.8 Å². The fourth-order valence-corrected chi connectivity index (χ4v) is 1.96. The summed E-state index contributed by atoms with van der Waals surface area (Å²) in [5.41, 5.74) is 5.41. The molecule has 1 aromatic heterocycles. The Bertz CT molecular complexity index is 438. The fraction of sp³-hybridized carbons (Fsp3) is 0.583. The number of hydrogen-bond donors (Lipinski definition) is 2. The van der Waals surface area contributed by atoms with Crippen LogP contribution in [0.5, 0.6) is 5.88 Å². The molecule has 1 rings (SSSR count). The van der Waals surface area contributed by atoms with E-state index in [0.717, 1.165) is 11.0 Å². The average molecular weight is 330 g/mol. The van der Waals surface area contributed by atoms with Crippen LogP contribution in [-0.4, -0.2) is 36.0 Å². The summed E-state index contributed by atoms with van der Waals surface area (Å²) in [6.45, 7) is 5.67. The minimum absolute atomic E-state index is 0.165. The number of amidine groups is 1. The summed E-state index contributed by atoms with van der Waals surface area (Å²) in [5, 5.41) is 7.32. The third-order valence-electron chi connectivity index (χ3n) is 2.41. The van der Waals surface area contributed by atoms with Crippen LogP contribution in [0.15, 0.2) is 10.7 Å². The van der Waals surface area contributed by atoms with Gasteiger partial charge in [-0.1, -0.05) is 13.8 Å². The van der Waals surface area contributed by atoms with Gasteiger partial charge in [-0.15, -0.1) is 0 Å². The summed E-state index contributed by atoms with van der Waals surface area (Å²) in [6.07, 6.45) is 2.16. The second kappa shape index (κ2) is 7.28. The van der Waals surface area contributed by atoms with E-state index in [1.807, 2.05) is 4.90 Å². The highest BCUT2D eigenvalue weighted by atomic mass is 79.9. The zero-order valence-corrected chi connectivity index (χ0v) is 13.1. The Kier molecular flexibility index (Phi) is 6.01. The summed E-state index contributed by atoms with van der Waals surface area (Å²) < 4.78 is 5.89. The van der Waals surface area contributed by atoms with Crippen molar-refractivity contribution in [2.45, 2.75) is 20.3 Å². The van der Waals surface area contributed by atoms with Crippen LogP contribution < -0.4 is 15.4 Å². The van der Waals surface area contributed by atoms with Crippen LogP contribution in [0.3, 0.4) is 0 Å². The molecule has 0 unspecified atom stereocenters. The second-order valence-electron chi connectivity index (χ2n) is 4.64. The molecule has 0 bridgehead atoms. The van der Waals surface area contributed by atoms with E-state index >= 15 is 0 Å². The third kappa shape index (κ3) is 5.02. The highest BCUT2D eigenvalue weighted by Crippen LogP contribution is 2.23. The lowest BCUT2D eigenvalue weighted by molar-refractivity contribution is 0.393. The number of aromatic nitrogens is 2. The molecule has 0 aliphatic carbocycles. The number of methoxy groups -OCH3 is 1. The van der Waals surface area contributed by atoms with Gasteiger partial charge in [0.25, 0.3) is 0 Å². The Morgan fingerprint density at radius 2 is 2.26 bits per heavy atom. The van der Waals surface area contributed by atoms with Gasteiger partial charge < -0.3 is 15.4 Å². The van der Waals surface area contributed by atoms with Crippen LogP contribution in [0, 0.1) is 11.3 Å². The van der Waals surface area contributed by atoms with Crippen molar-refractivity contribution in [3.8, 4) is 5.88 Å². The van der Waals surface area contributed by atoms with Crippen molar-refractivity contribution < 1.29 is 4.74 Å². The first-order chi connectivity index (χ1) is 8.93. The zero-order valence-electron chi connectivity index (χ0n) is 11.5. The minimum Gasteiger partial charge on any atom is -0.480 e. The van der Waals surface area contributed by atoms with Crippen molar-refractivity contribution in [3.63, 3.8) is 0 Å². The van der Waals surface area contributed by atoms with Crippen molar-refractivity contribution in [2.24, 2.45) is 11.7 Å². The molecule has 7 heteroatoms. The van der Waals surface area contributed by atoms with E-state index in [2.05, 4.69) is 39.7 Å². The molecule has 0 radical (unpaired) electrons. The van der Waals surface area contributed by atoms with Gasteiger partial charge in [-0.2, -0.15) is 4.98 Å². The van der Waals surface area contributed by atoms with E-state index in [-0.39, 0.29) is 5.84 Å². The molecule has 3 N–H and O–H groups in total. The van der Waals surface area contributed by atoms with Gasteiger partial charge in [-0.25, -0.2) is 4.98 Å². The molecule has 0 saturated heterocycles. The monoisotopic (exact) mass is 329 g/mol. The lowest BCUT2D eigenvalue weighted by atomic mass is 10.2. The molecule has 106 valence electrons. The SMILES string of the molecule is COc1nc(N(CCC(=N)N)CC(C)C)ncc1Br. The molecule has 0 aliphatic heterocycles. The number of hydrogen-bond acceptors (Lipinski definition) is 5. The standard InChI is InChI=1S/C12H20BrN5O/c1-8(2)7-18(5-4-10(14)15)12-16-6-9(13)11(17-12)19-3/h6,8H,4-5,7H2,1-3H3,(H3,14,15). The first-order valence-electron chi connectivity index (χ1n) is 6.08. The van der Waals surface area contributed by atoms with Crippen molar-refractivity contribution in [2.75, 3.05) is 25.1 Å². The minimum atomic E-state index is 0.165. The maximum Gasteiger partial charge on any atom is 0.232 e. The number of nitrogens with one attached hydrogen (secondary N) is 1. The molecule has 1 heterocycles. The smallest absolute Gasteiger partial charge is 0.232 e. The van der Waals surface area contributed by atoms with Gasteiger partial charge in [-0.3, -0.25) is 5.41 Å². The molecular formula is C12H20BrN5O.